The summed E-state index contributed by atoms with van der Waals surface area (Å²) in [4.78, 5) is 13.3. The third kappa shape index (κ3) is 5.91. The third-order valence-corrected chi connectivity index (χ3v) is 2.61. The van der Waals surface area contributed by atoms with Crippen molar-refractivity contribution in [2.45, 2.75) is 19.4 Å². The minimum absolute atomic E-state index is 0. The van der Waals surface area contributed by atoms with E-state index in [1.165, 1.54) is 0 Å². The summed E-state index contributed by atoms with van der Waals surface area (Å²) >= 11 is 5.78. The molecule has 1 amide bonds. The highest BCUT2D eigenvalue weighted by molar-refractivity contribution is 6.30. The molecule has 0 fully saturated rings. The quantitative estimate of drug-likeness (QED) is 0.898. The number of hydrogen-bond donors (Lipinski definition) is 1. The van der Waals surface area contributed by atoms with Gasteiger partial charge in [-0.25, -0.2) is 0 Å². The second kappa shape index (κ2) is 8.34. The van der Waals surface area contributed by atoms with E-state index in [2.05, 4.69) is 0 Å². The van der Waals surface area contributed by atoms with Gasteiger partial charge in [-0.3, -0.25) is 4.79 Å². The maximum Gasteiger partial charge on any atom is 0.222 e. The smallest absolute Gasteiger partial charge is 0.222 e. The Bertz CT molecular complexity index is 341. The van der Waals surface area contributed by atoms with Gasteiger partial charge in [-0.2, -0.15) is 0 Å². The number of benzene rings is 1. The molecule has 0 bridgehead atoms. The van der Waals surface area contributed by atoms with E-state index in [4.69, 9.17) is 17.3 Å². The van der Waals surface area contributed by atoms with Gasteiger partial charge in [0, 0.05) is 25.0 Å². The molecule has 0 heterocycles. The maximum atomic E-state index is 11.6. The van der Waals surface area contributed by atoms with Crippen LogP contribution in [0.15, 0.2) is 24.3 Å². The van der Waals surface area contributed by atoms with Crippen LogP contribution in [0, 0.1) is 0 Å². The van der Waals surface area contributed by atoms with Crippen molar-refractivity contribution in [3.63, 3.8) is 0 Å². The van der Waals surface area contributed by atoms with Gasteiger partial charge in [0.1, 0.15) is 0 Å². The lowest BCUT2D eigenvalue weighted by molar-refractivity contribution is -0.130. The third-order valence-electron chi connectivity index (χ3n) is 2.35. The van der Waals surface area contributed by atoms with Crippen LogP contribution >= 0.6 is 24.0 Å². The summed E-state index contributed by atoms with van der Waals surface area (Å²) in [6.07, 6.45) is 1.25. The van der Waals surface area contributed by atoms with E-state index in [-0.39, 0.29) is 18.3 Å². The molecule has 5 heteroatoms. The maximum absolute atomic E-state index is 11.6. The normalized spacial score (nSPS) is 9.59. The number of carbonyl (C=O) groups excluding carboxylic acids is 1. The van der Waals surface area contributed by atoms with Gasteiger partial charge < -0.3 is 10.6 Å². The van der Waals surface area contributed by atoms with E-state index in [1.807, 2.05) is 24.3 Å². The standard InChI is InChI=1S/C12H17ClN2O.ClH/c1-15(12(16)3-2-8-14)9-10-4-6-11(13)7-5-10;/h4-7H,2-3,8-9,14H2,1H3;1H. The van der Waals surface area contributed by atoms with Gasteiger partial charge in [0.15, 0.2) is 0 Å². The van der Waals surface area contributed by atoms with E-state index in [9.17, 15) is 4.79 Å². The minimum atomic E-state index is 0. The van der Waals surface area contributed by atoms with E-state index in [0.29, 0.717) is 24.5 Å². The predicted molar refractivity (Wildman–Crippen MR) is 73.5 cm³/mol. The first kappa shape index (κ1) is 16.2. The average Bonchev–Trinajstić information content (AvgIpc) is 2.29. The van der Waals surface area contributed by atoms with E-state index < -0.39 is 0 Å². The zero-order valence-electron chi connectivity index (χ0n) is 9.86. The van der Waals surface area contributed by atoms with Crippen LogP contribution in [-0.2, 0) is 11.3 Å². The van der Waals surface area contributed by atoms with Crippen molar-refractivity contribution < 1.29 is 4.79 Å². The monoisotopic (exact) mass is 276 g/mol. The fourth-order valence-corrected chi connectivity index (χ4v) is 1.52. The van der Waals surface area contributed by atoms with Crippen molar-refractivity contribution >= 4 is 29.9 Å². The summed E-state index contributed by atoms with van der Waals surface area (Å²) in [6, 6.07) is 7.51. The molecule has 96 valence electrons. The van der Waals surface area contributed by atoms with Gasteiger partial charge in [-0.05, 0) is 30.7 Å². The zero-order valence-corrected chi connectivity index (χ0v) is 11.4. The summed E-state index contributed by atoms with van der Waals surface area (Å²) in [7, 11) is 1.80. The van der Waals surface area contributed by atoms with Crippen molar-refractivity contribution in [3.8, 4) is 0 Å². The SMILES string of the molecule is CN(Cc1ccc(Cl)cc1)C(=O)CCCN.Cl. The molecule has 2 N–H and O–H groups in total. The fraction of sp³-hybridized carbons (Fsp3) is 0.417. The van der Waals surface area contributed by atoms with Crippen LogP contribution in [0.1, 0.15) is 18.4 Å². The summed E-state index contributed by atoms with van der Waals surface area (Å²) < 4.78 is 0. The lowest BCUT2D eigenvalue weighted by Gasteiger charge is -2.17. The molecule has 0 aliphatic rings. The van der Waals surface area contributed by atoms with Crippen molar-refractivity contribution in [2.24, 2.45) is 5.73 Å². The molecule has 0 saturated carbocycles. The van der Waals surface area contributed by atoms with Gasteiger partial charge >= 0.3 is 0 Å². The number of halogens is 2. The molecule has 0 aliphatic carbocycles. The van der Waals surface area contributed by atoms with Crippen molar-refractivity contribution in [1.82, 2.24) is 4.90 Å². The van der Waals surface area contributed by atoms with E-state index >= 15 is 0 Å². The number of carbonyl (C=O) groups is 1. The minimum Gasteiger partial charge on any atom is -0.341 e. The van der Waals surface area contributed by atoms with Crippen molar-refractivity contribution in [1.29, 1.82) is 0 Å². The van der Waals surface area contributed by atoms with Gasteiger partial charge in [0.05, 0.1) is 0 Å². The lowest BCUT2D eigenvalue weighted by Crippen LogP contribution is -2.26. The molecule has 1 aromatic carbocycles. The first-order valence-corrected chi connectivity index (χ1v) is 5.69. The number of rotatable bonds is 5. The molecule has 0 aromatic heterocycles. The van der Waals surface area contributed by atoms with Gasteiger partial charge in [0.2, 0.25) is 5.91 Å². The molecule has 1 rings (SSSR count). The Morgan fingerprint density at radius 2 is 1.94 bits per heavy atom. The van der Waals surface area contributed by atoms with Crippen molar-refractivity contribution in [2.75, 3.05) is 13.6 Å². The first-order valence-electron chi connectivity index (χ1n) is 5.32. The van der Waals surface area contributed by atoms with Crippen molar-refractivity contribution in [3.05, 3.63) is 34.9 Å². The van der Waals surface area contributed by atoms with Crippen LogP contribution < -0.4 is 5.73 Å². The lowest BCUT2D eigenvalue weighted by atomic mass is 10.2. The molecular weight excluding hydrogens is 259 g/mol. The number of amides is 1. The van der Waals surface area contributed by atoms with Crippen LogP contribution in [0.3, 0.4) is 0 Å². The van der Waals surface area contributed by atoms with Gasteiger partial charge in [0.25, 0.3) is 0 Å². The Morgan fingerprint density at radius 1 is 1.35 bits per heavy atom. The Kier molecular flexibility index (Phi) is 7.96. The first-order chi connectivity index (χ1) is 7.63. The highest BCUT2D eigenvalue weighted by atomic mass is 35.5. The molecule has 0 aliphatic heterocycles. The Balaban J connectivity index is 0.00000256. The summed E-state index contributed by atoms with van der Waals surface area (Å²) in [6.45, 7) is 1.17. The molecule has 0 atom stereocenters. The van der Waals surface area contributed by atoms with Crippen LogP contribution in [0.4, 0.5) is 0 Å². The largest absolute Gasteiger partial charge is 0.341 e. The number of nitrogens with two attached hydrogens (primary N) is 1. The second-order valence-corrected chi connectivity index (χ2v) is 4.20. The van der Waals surface area contributed by atoms with Crippen LogP contribution in [-0.4, -0.2) is 24.4 Å². The molecule has 17 heavy (non-hydrogen) atoms. The predicted octanol–water partition coefficient (Wildman–Crippen LogP) is 2.46. The second-order valence-electron chi connectivity index (χ2n) is 3.77. The molecular formula is C12H18Cl2N2O. The van der Waals surface area contributed by atoms with E-state index in [1.54, 1.807) is 11.9 Å². The van der Waals surface area contributed by atoms with E-state index in [0.717, 1.165) is 12.0 Å². The topological polar surface area (TPSA) is 46.3 Å². The van der Waals surface area contributed by atoms with Crippen LogP contribution in [0.25, 0.3) is 0 Å². The Labute approximate surface area is 113 Å². The molecule has 0 radical (unpaired) electrons. The molecule has 0 saturated heterocycles. The zero-order chi connectivity index (χ0) is 12.0. The fourth-order valence-electron chi connectivity index (χ4n) is 1.40. The Hall–Kier alpha value is -0.770. The van der Waals surface area contributed by atoms with Gasteiger partial charge in [-0.15, -0.1) is 12.4 Å². The molecule has 0 unspecified atom stereocenters. The number of hydrogen-bond acceptors (Lipinski definition) is 2. The summed E-state index contributed by atoms with van der Waals surface area (Å²) in [5.41, 5.74) is 6.44. The number of nitrogens with zero attached hydrogens (tertiary/aromatic N) is 1. The highest BCUT2D eigenvalue weighted by Crippen LogP contribution is 2.11. The Morgan fingerprint density at radius 3 is 2.47 bits per heavy atom. The van der Waals surface area contributed by atoms with Crippen LogP contribution in [0.5, 0.6) is 0 Å². The summed E-state index contributed by atoms with van der Waals surface area (Å²) in [5, 5.41) is 0.709. The van der Waals surface area contributed by atoms with Crippen LogP contribution in [0.2, 0.25) is 5.02 Å². The highest BCUT2D eigenvalue weighted by Gasteiger charge is 2.08. The molecule has 1 aromatic rings. The molecule has 3 nitrogen and oxygen atoms in total. The van der Waals surface area contributed by atoms with Gasteiger partial charge in [-0.1, -0.05) is 23.7 Å². The summed E-state index contributed by atoms with van der Waals surface area (Å²) in [5.74, 6) is 0.125. The average molecular weight is 277 g/mol. The molecule has 0 spiro atoms.